The number of carbonyl (C=O) groups is 1. The van der Waals surface area contributed by atoms with Crippen LogP contribution in [0, 0.1) is 0 Å². The van der Waals surface area contributed by atoms with E-state index in [0.29, 0.717) is 5.56 Å². The molecular formula is C14H15NO2. The molecule has 0 aliphatic heterocycles. The van der Waals surface area contributed by atoms with Gasteiger partial charge in [0.1, 0.15) is 5.76 Å². The number of carbonyl (C=O) groups excluding carboxylic acids is 1. The minimum atomic E-state index is -0.0716. The average molecular weight is 229 g/mol. The molecule has 1 unspecified atom stereocenters. The molecule has 3 heteroatoms. The molecule has 0 saturated carbocycles. The highest BCUT2D eigenvalue weighted by Gasteiger charge is 2.20. The zero-order valence-corrected chi connectivity index (χ0v) is 9.96. The Labute approximate surface area is 101 Å². The molecule has 1 aromatic heterocycles. The maximum absolute atomic E-state index is 12.2. The van der Waals surface area contributed by atoms with Crippen molar-refractivity contribution in [2.45, 2.75) is 13.0 Å². The summed E-state index contributed by atoms with van der Waals surface area (Å²) < 4.78 is 5.31. The largest absolute Gasteiger partial charge is 0.467 e. The normalized spacial score (nSPS) is 12.1. The lowest BCUT2D eigenvalue weighted by Gasteiger charge is -2.23. The fraction of sp³-hybridized carbons (Fsp3) is 0.214. The highest BCUT2D eigenvalue weighted by atomic mass is 16.3. The predicted molar refractivity (Wildman–Crippen MR) is 65.7 cm³/mol. The smallest absolute Gasteiger partial charge is 0.254 e. The van der Waals surface area contributed by atoms with E-state index in [0.717, 1.165) is 5.76 Å². The number of furan rings is 1. The van der Waals surface area contributed by atoms with Crippen molar-refractivity contribution < 1.29 is 9.21 Å². The first-order chi connectivity index (χ1) is 8.20. The van der Waals surface area contributed by atoms with Crippen LogP contribution in [0.15, 0.2) is 53.1 Å². The van der Waals surface area contributed by atoms with Gasteiger partial charge in [-0.3, -0.25) is 4.79 Å². The van der Waals surface area contributed by atoms with Gasteiger partial charge >= 0.3 is 0 Å². The van der Waals surface area contributed by atoms with Crippen LogP contribution in [0.25, 0.3) is 0 Å². The van der Waals surface area contributed by atoms with E-state index in [-0.39, 0.29) is 11.9 Å². The first-order valence-electron chi connectivity index (χ1n) is 5.56. The lowest BCUT2D eigenvalue weighted by Crippen LogP contribution is -2.29. The van der Waals surface area contributed by atoms with Crippen molar-refractivity contribution in [1.82, 2.24) is 4.90 Å². The van der Waals surface area contributed by atoms with Crippen LogP contribution in [0.2, 0.25) is 0 Å². The van der Waals surface area contributed by atoms with Crippen LogP contribution in [0.1, 0.15) is 29.1 Å². The van der Waals surface area contributed by atoms with Gasteiger partial charge < -0.3 is 9.32 Å². The maximum atomic E-state index is 12.2. The van der Waals surface area contributed by atoms with Crippen LogP contribution in [0.5, 0.6) is 0 Å². The summed E-state index contributed by atoms with van der Waals surface area (Å²) in [4.78, 5) is 13.8. The summed E-state index contributed by atoms with van der Waals surface area (Å²) in [6.45, 7) is 1.94. The minimum absolute atomic E-state index is 0.00509. The fourth-order valence-electron chi connectivity index (χ4n) is 1.68. The summed E-state index contributed by atoms with van der Waals surface area (Å²) in [5.74, 6) is 0.784. The van der Waals surface area contributed by atoms with Gasteiger partial charge in [-0.15, -0.1) is 0 Å². The number of amides is 1. The van der Waals surface area contributed by atoms with Crippen molar-refractivity contribution >= 4 is 5.91 Å². The number of hydrogen-bond acceptors (Lipinski definition) is 2. The third-order valence-electron chi connectivity index (χ3n) is 2.88. The van der Waals surface area contributed by atoms with Gasteiger partial charge in [-0.2, -0.15) is 0 Å². The molecule has 0 bridgehead atoms. The minimum Gasteiger partial charge on any atom is -0.467 e. The second kappa shape index (κ2) is 4.87. The topological polar surface area (TPSA) is 33.5 Å². The summed E-state index contributed by atoms with van der Waals surface area (Å²) in [6, 6.07) is 12.9. The number of hydrogen-bond donors (Lipinski definition) is 0. The van der Waals surface area contributed by atoms with Gasteiger partial charge in [-0.25, -0.2) is 0 Å². The van der Waals surface area contributed by atoms with Crippen molar-refractivity contribution in [3.05, 3.63) is 60.1 Å². The molecule has 0 fully saturated rings. The monoisotopic (exact) mass is 229 g/mol. The van der Waals surface area contributed by atoms with Crippen LogP contribution in [-0.2, 0) is 0 Å². The highest BCUT2D eigenvalue weighted by molar-refractivity contribution is 5.94. The van der Waals surface area contributed by atoms with Gasteiger partial charge in [-0.1, -0.05) is 18.2 Å². The molecule has 0 saturated heterocycles. The van der Waals surface area contributed by atoms with Gasteiger partial charge in [0, 0.05) is 12.6 Å². The van der Waals surface area contributed by atoms with Crippen molar-refractivity contribution in [2.24, 2.45) is 0 Å². The Balaban J connectivity index is 2.16. The van der Waals surface area contributed by atoms with Crippen LogP contribution < -0.4 is 0 Å². The zero-order valence-electron chi connectivity index (χ0n) is 9.96. The van der Waals surface area contributed by atoms with Crippen LogP contribution >= 0.6 is 0 Å². The van der Waals surface area contributed by atoms with E-state index in [2.05, 4.69) is 0 Å². The SMILES string of the molecule is CC(c1ccco1)N(C)C(=O)c1ccccc1. The average Bonchev–Trinajstić information content (AvgIpc) is 2.91. The summed E-state index contributed by atoms with van der Waals surface area (Å²) in [5.41, 5.74) is 0.688. The Kier molecular flexibility index (Phi) is 3.28. The molecule has 1 aromatic carbocycles. The molecule has 3 nitrogen and oxygen atoms in total. The molecule has 17 heavy (non-hydrogen) atoms. The molecule has 0 N–H and O–H groups in total. The quantitative estimate of drug-likeness (QED) is 0.810. The number of rotatable bonds is 3. The molecule has 2 rings (SSSR count). The van der Waals surface area contributed by atoms with Crippen molar-refractivity contribution in [3.63, 3.8) is 0 Å². The molecule has 1 amide bonds. The van der Waals surface area contributed by atoms with Gasteiger partial charge in [0.15, 0.2) is 0 Å². The van der Waals surface area contributed by atoms with E-state index in [4.69, 9.17) is 4.42 Å². The number of nitrogens with zero attached hydrogens (tertiary/aromatic N) is 1. The summed E-state index contributed by atoms with van der Waals surface area (Å²) in [5, 5.41) is 0. The Morgan fingerprint density at radius 3 is 2.47 bits per heavy atom. The van der Waals surface area contributed by atoms with Crippen molar-refractivity contribution in [2.75, 3.05) is 7.05 Å². The first kappa shape index (κ1) is 11.5. The second-order valence-corrected chi connectivity index (χ2v) is 3.97. The summed E-state index contributed by atoms with van der Waals surface area (Å²) >= 11 is 0. The highest BCUT2D eigenvalue weighted by Crippen LogP contribution is 2.20. The first-order valence-corrected chi connectivity index (χ1v) is 5.56. The second-order valence-electron chi connectivity index (χ2n) is 3.97. The van der Waals surface area contributed by atoms with E-state index in [1.54, 1.807) is 18.2 Å². The van der Waals surface area contributed by atoms with Crippen LogP contribution in [0.4, 0.5) is 0 Å². The maximum Gasteiger partial charge on any atom is 0.254 e. The predicted octanol–water partition coefficient (Wildman–Crippen LogP) is 3.11. The Hall–Kier alpha value is -2.03. The number of benzene rings is 1. The summed E-state index contributed by atoms with van der Waals surface area (Å²) in [7, 11) is 1.78. The standard InChI is InChI=1S/C14H15NO2/c1-11(13-9-6-10-17-13)15(2)14(16)12-7-4-3-5-8-12/h3-11H,1-2H3. The third-order valence-corrected chi connectivity index (χ3v) is 2.88. The molecular weight excluding hydrogens is 214 g/mol. The van der Waals surface area contributed by atoms with E-state index < -0.39 is 0 Å². The molecule has 0 aliphatic carbocycles. The van der Waals surface area contributed by atoms with Gasteiger partial charge in [0.2, 0.25) is 0 Å². The molecule has 0 aliphatic rings. The molecule has 88 valence electrons. The fourth-order valence-corrected chi connectivity index (χ4v) is 1.68. The van der Waals surface area contributed by atoms with Crippen LogP contribution in [0.3, 0.4) is 0 Å². The van der Waals surface area contributed by atoms with Crippen LogP contribution in [-0.4, -0.2) is 17.9 Å². The van der Waals surface area contributed by atoms with E-state index in [9.17, 15) is 4.79 Å². The lowest BCUT2D eigenvalue weighted by atomic mass is 10.1. The summed E-state index contributed by atoms with van der Waals surface area (Å²) in [6.07, 6.45) is 1.62. The van der Waals surface area contributed by atoms with Gasteiger partial charge in [0.25, 0.3) is 5.91 Å². The molecule has 0 radical (unpaired) electrons. The molecule has 1 atom stereocenters. The van der Waals surface area contributed by atoms with E-state index >= 15 is 0 Å². The molecule has 1 heterocycles. The Morgan fingerprint density at radius 2 is 1.88 bits per heavy atom. The zero-order chi connectivity index (χ0) is 12.3. The lowest BCUT2D eigenvalue weighted by molar-refractivity contribution is 0.0726. The van der Waals surface area contributed by atoms with Crippen molar-refractivity contribution in [1.29, 1.82) is 0 Å². The van der Waals surface area contributed by atoms with E-state index in [1.165, 1.54) is 0 Å². The van der Waals surface area contributed by atoms with Crippen molar-refractivity contribution in [3.8, 4) is 0 Å². The Bertz CT molecular complexity index is 476. The molecule has 0 spiro atoms. The van der Waals surface area contributed by atoms with Gasteiger partial charge in [0.05, 0.1) is 12.3 Å². The molecule has 2 aromatic rings. The Morgan fingerprint density at radius 1 is 1.18 bits per heavy atom. The van der Waals surface area contributed by atoms with E-state index in [1.807, 2.05) is 49.4 Å². The van der Waals surface area contributed by atoms with Gasteiger partial charge in [-0.05, 0) is 31.2 Å². The third kappa shape index (κ3) is 2.38.